The zero-order valence-electron chi connectivity index (χ0n) is 18.5. The number of hydrogen-bond acceptors (Lipinski definition) is 5. The molecule has 7 heteroatoms. The standard InChI is InChI=1S/C24H30ClN3O3/c1-14(29)13-31-22-7-6-21(15(2)16(22)3)17(4)27-11-20-9-19(27)12-28(20)24(30)18-5-8-23(25)26-10-18/h5-8,10,14,17,19-20,29H,9,11-13H2,1-4H3/t14-,17+,19+,20+/m1/s1. The van der Waals surface area contributed by atoms with Crippen LogP contribution >= 0.6 is 11.6 Å². The average Bonchev–Trinajstić information content (AvgIpc) is 3.35. The van der Waals surface area contributed by atoms with Crippen LogP contribution in [0, 0.1) is 13.8 Å². The van der Waals surface area contributed by atoms with Crippen molar-refractivity contribution >= 4 is 17.5 Å². The first-order valence-corrected chi connectivity index (χ1v) is 11.2. The number of aliphatic hydroxyl groups is 1. The number of likely N-dealkylation sites (tertiary alicyclic amines) is 2. The molecule has 0 radical (unpaired) electrons. The highest BCUT2D eigenvalue weighted by Gasteiger charge is 2.47. The Kier molecular flexibility index (Phi) is 6.24. The number of carbonyl (C=O) groups is 1. The average molecular weight is 444 g/mol. The molecule has 0 saturated carbocycles. The van der Waals surface area contributed by atoms with Gasteiger partial charge in [0.25, 0.3) is 5.91 Å². The number of aliphatic hydroxyl groups excluding tert-OH is 1. The summed E-state index contributed by atoms with van der Waals surface area (Å²) in [4.78, 5) is 21.5. The Bertz CT molecular complexity index is 963. The first-order valence-electron chi connectivity index (χ1n) is 10.9. The van der Waals surface area contributed by atoms with Crippen LogP contribution in [0.3, 0.4) is 0 Å². The van der Waals surface area contributed by atoms with Crippen molar-refractivity contribution in [3.05, 3.63) is 57.9 Å². The summed E-state index contributed by atoms with van der Waals surface area (Å²) in [5.74, 6) is 0.862. The third-order valence-electron chi connectivity index (χ3n) is 6.73. The second-order valence-corrected chi connectivity index (χ2v) is 9.19. The summed E-state index contributed by atoms with van der Waals surface area (Å²) in [5, 5.41) is 9.89. The fraction of sp³-hybridized carbons (Fsp3) is 0.500. The number of carbonyl (C=O) groups excluding carboxylic acids is 1. The molecule has 2 aliphatic rings. The van der Waals surface area contributed by atoms with Crippen LogP contribution in [-0.4, -0.2) is 63.7 Å². The zero-order chi connectivity index (χ0) is 22.3. The molecule has 2 aromatic rings. The summed E-state index contributed by atoms with van der Waals surface area (Å²) < 4.78 is 5.76. The summed E-state index contributed by atoms with van der Waals surface area (Å²) in [6, 6.07) is 8.40. The van der Waals surface area contributed by atoms with Gasteiger partial charge in [0, 0.05) is 37.4 Å². The van der Waals surface area contributed by atoms with Gasteiger partial charge in [-0.2, -0.15) is 0 Å². The zero-order valence-corrected chi connectivity index (χ0v) is 19.3. The molecule has 3 heterocycles. The van der Waals surface area contributed by atoms with Crippen molar-refractivity contribution in [1.82, 2.24) is 14.8 Å². The second kappa shape index (κ2) is 8.77. The Balaban J connectivity index is 1.45. The van der Waals surface area contributed by atoms with E-state index in [1.807, 2.05) is 11.0 Å². The van der Waals surface area contributed by atoms with E-state index in [2.05, 4.69) is 36.7 Å². The van der Waals surface area contributed by atoms with Gasteiger partial charge in [-0.05, 0) is 69.0 Å². The van der Waals surface area contributed by atoms with Crippen molar-refractivity contribution < 1.29 is 14.6 Å². The Morgan fingerprint density at radius 1 is 1.19 bits per heavy atom. The van der Waals surface area contributed by atoms with Crippen molar-refractivity contribution in [2.45, 2.75) is 58.3 Å². The Morgan fingerprint density at radius 3 is 2.58 bits per heavy atom. The van der Waals surface area contributed by atoms with E-state index in [0.717, 1.165) is 30.8 Å². The number of pyridine rings is 1. The number of fused-ring (bicyclic) bond motifs is 2. The van der Waals surface area contributed by atoms with Crippen molar-refractivity contribution in [3.8, 4) is 5.75 Å². The maximum Gasteiger partial charge on any atom is 0.255 e. The van der Waals surface area contributed by atoms with Gasteiger partial charge in [0.1, 0.15) is 17.5 Å². The predicted octanol–water partition coefficient (Wildman–Crippen LogP) is 3.77. The van der Waals surface area contributed by atoms with Gasteiger partial charge in [0.2, 0.25) is 0 Å². The molecular formula is C24H30ClN3O3. The lowest BCUT2D eigenvalue weighted by atomic mass is 9.96. The molecule has 166 valence electrons. The van der Waals surface area contributed by atoms with E-state index in [1.54, 1.807) is 25.3 Å². The van der Waals surface area contributed by atoms with Crippen molar-refractivity contribution in [2.75, 3.05) is 19.7 Å². The molecule has 4 atom stereocenters. The molecule has 2 bridgehead atoms. The molecule has 1 N–H and O–H groups in total. The number of aromatic nitrogens is 1. The maximum atomic E-state index is 12.9. The number of ether oxygens (including phenoxy) is 1. The number of hydrogen-bond donors (Lipinski definition) is 1. The van der Waals surface area contributed by atoms with Crippen molar-refractivity contribution in [1.29, 1.82) is 0 Å². The molecule has 2 fully saturated rings. The number of piperazine rings is 1. The Labute approximate surface area is 188 Å². The molecule has 2 saturated heterocycles. The molecule has 1 aromatic heterocycles. The fourth-order valence-electron chi connectivity index (χ4n) is 4.90. The third-order valence-corrected chi connectivity index (χ3v) is 6.95. The molecule has 31 heavy (non-hydrogen) atoms. The van der Waals surface area contributed by atoms with Crippen LogP contribution in [0.25, 0.3) is 0 Å². The van der Waals surface area contributed by atoms with E-state index in [4.69, 9.17) is 16.3 Å². The fourth-order valence-corrected chi connectivity index (χ4v) is 5.02. The molecule has 4 rings (SSSR count). The highest BCUT2D eigenvalue weighted by atomic mass is 35.5. The van der Waals surface area contributed by atoms with Gasteiger partial charge in [-0.3, -0.25) is 9.69 Å². The van der Waals surface area contributed by atoms with E-state index < -0.39 is 6.10 Å². The molecule has 1 amide bonds. The van der Waals surface area contributed by atoms with E-state index in [0.29, 0.717) is 16.8 Å². The van der Waals surface area contributed by atoms with Crippen LogP contribution in [-0.2, 0) is 0 Å². The van der Waals surface area contributed by atoms with Gasteiger partial charge in [-0.25, -0.2) is 4.98 Å². The number of nitrogens with zero attached hydrogens (tertiary/aromatic N) is 3. The third kappa shape index (κ3) is 4.29. The highest BCUT2D eigenvalue weighted by Crippen LogP contribution is 2.39. The van der Waals surface area contributed by atoms with Gasteiger partial charge in [0.15, 0.2) is 0 Å². The van der Waals surface area contributed by atoms with Gasteiger partial charge < -0.3 is 14.7 Å². The molecule has 0 aliphatic carbocycles. The van der Waals surface area contributed by atoms with E-state index in [9.17, 15) is 9.90 Å². The second-order valence-electron chi connectivity index (χ2n) is 8.81. The molecular weight excluding hydrogens is 414 g/mol. The first kappa shape index (κ1) is 22.1. The van der Waals surface area contributed by atoms with Crippen molar-refractivity contribution in [3.63, 3.8) is 0 Å². The molecule has 0 spiro atoms. The summed E-state index contributed by atoms with van der Waals surface area (Å²) >= 11 is 5.85. The normalized spacial score (nSPS) is 22.6. The summed E-state index contributed by atoms with van der Waals surface area (Å²) in [6.07, 6.45) is 2.07. The van der Waals surface area contributed by atoms with Crippen molar-refractivity contribution in [2.24, 2.45) is 0 Å². The number of rotatable bonds is 6. The topological polar surface area (TPSA) is 65.9 Å². The minimum atomic E-state index is -0.493. The highest BCUT2D eigenvalue weighted by molar-refractivity contribution is 6.29. The minimum Gasteiger partial charge on any atom is -0.491 e. The van der Waals surface area contributed by atoms with Crippen LogP contribution < -0.4 is 4.74 Å². The first-order chi connectivity index (χ1) is 14.8. The van der Waals surface area contributed by atoms with Crippen LogP contribution in [0.2, 0.25) is 5.15 Å². The number of halogens is 1. The summed E-state index contributed by atoms with van der Waals surface area (Å²) in [6.45, 7) is 10.1. The van der Waals surface area contributed by atoms with E-state index >= 15 is 0 Å². The van der Waals surface area contributed by atoms with Crippen LogP contribution in [0.4, 0.5) is 0 Å². The molecule has 6 nitrogen and oxygen atoms in total. The Hall–Kier alpha value is -2.15. The van der Waals surface area contributed by atoms with Crippen LogP contribution in [0.5, 0.6) is 5.75 Å². The molecule has 2 aliphatic heterocycles. The lowest BCUT2D eigenvalue weighted by molar-refractivity contribution is 0.0568. The minimum absolute atomic E-state index is 0.0376. The maximum absolute atomic E-state index is 12.9. The number of benzene rings is 1. The molecule has 0 unspecified atom stereocenters. The monoisotopic (exact) mass is 443 g/mol. The lowest BCUT2D eigenvalue weighted by Crippen LogP contribution is -2.49. The summed E-state index contributed by atoms with van der Waals surface area (Å²) in [7, 11) is 0. The van der Waals surface area contributed by atoms with Crippen LogP contribution in [0.15, 0.2) is 30.5 Å². The van der Waals surface area contributed by atoms with Gasteiger partial charge in [0.05, 0.1) is 11.7 Å². The quantitative estimate of drug-likeness (QED) is 0.688. The Morgan fingerprint density at radius 2 is 1.97 bits per heavy atom. The largest absolute Gasteiger partial charge is 0.491 e. The van der Waals surface area contributed by atoms with E-state index in [-0.39, 0.29) is 24.6 Å². The van der Waals surface area contributed by atoms with Gasteiger partial charge in [-0.1, -0.05) is 17.7 Å². The smallest absolute Gasteiger partial charge is 0.255 e. The van der Waals surface area contributed by atoms with Crippen LogP contribution in [0.1, 0.15) is 53.4 Å². The lowest BCUT2D eigenvalue weighted by Gasteiger charge is -2.38. The van der Waals surface area contributed by atoms with Gasteiger partial charge >= 0.3 is 0 Å². The summed E-state index contributed by atoms with van der Waals surface area (Å²) in [5.41, 5.74) is 4.21. The number of amides is 1. The predicted molar refractivity (Wildman–Crippen MR) is 121 cm³/mol. The SMILES string of the molecule is Cc1c(OC[C@@H](C)O)ccc([C@H](C)N2C[C@@H]3C[C@H]2CN3C(=O)c2ccc(Cl)nc2)c1C. The van der Waals surface area contributed by atoms with Gasteiger partial charge in [-0.15, -0.1) is 0 Å². The molecule has 1 aromatic carbocycles. The van der Waals surface area contributed by atoms with E-state index in [1.165, 1.54) is 11.1 Å².